The Hall–Kier alpha value is -0.670. The first kappa shape index (κ1) is 13.3. The highest BCUT2D eigenvalue weighted by Crippen LogP contribution is 2.34. The average Bonchev–Trinajstić information content (AvgIpc) is 3.11. The minimum atomic E-state index is 0.688. The molecule has 1 aliphatic carbocycles. The summed E-state index contributed by atoms with van der Waals surface area (Å²) in [5.41, 5.74) is 1.24. The molecule has 3 rings (SSSR count). The van der Waals surface area contributed by atoms with Crippen LogP contribution in [0.25, 0.3) is 0 Å². The van der Waals surface area contributed by atoms with Crippen LogP contribution in [-0.4, -0.2) is 25.0 Å². The van der Waals surface area contributed by atoms with Gasteiger partial charge in [0.25, 0.3) is 0 Å². The maximum absolute atomic E-state index is 5.40. The highest BCUT2D eigenvalue weighted by Gasteiger charge is 2.16. The number of hydrogen-bond donors (Lipinski definition) is 1. The molecule has 0 bridgehead atoms. The van der Waals surface area contributed by atoms with E-state index in [2.05, 4.69) is 41.3 Å². The number of nitrogens with one attached hydrogen (secondary N) is 1. The van der Waals surface area contributed by atoms with Gasteiger partial charge in [-0.1, -0.05) is 12.8 Å². The number of benzene rings is 1. The monoisotopic (exact) mass is 277 g/mol. The lowest BCUT2D eigenvalue weighted by molar-refractivity contribution is 0.187. The fourth-order valence-corrected chi connectivity index (χ4v) is 4.10. The van der Waals surface area contributed by atoms with Gasteiger partial charge in [-0.2, -0.15) is 0 Å². The quantitative estimate of drug-likeness (QED) is 0.873. The molecule has 104 valence electrons. The first-order chi connectivity index (χ1) is 9.40. The standard InChI is InChI=1S/C16H23NOS/c1-2-4-15(3-1)19-16-7-5-14(6-8-16)17-11-13-9-10-18-12-13/h5-8,13,15,17H,1-4,9-12H2. The second-order valence-corrected chi connectivity index (χ2v) is 7.03. The van der Waals surface area contributed by atoms with Crippen LogP contribution in [0.3, 0.4) is 0 Å². The van der Waals surface area contributed by atoms with Crippen molar-refractivity contribution in [2.45, 2.75) is 42.2 Å². The maximum Gasteiger partial charge on any atom is 0.0511 e. The van der Waals surface area contributed by atoms with Gasteiger partial charge in [-0.3, -0.25) is 0 Å². The topological polar surface area (TPSA) is 21.3 Å². The Kier molecular flexibility index (Phi) is 4.67. The van der Waals surface area contributed by atoms with Crippen LogP contribution in [0.1, 0.15) is 32.1 Å². The third-order valence-electron chi connectivity index (χ3n) is 4.08. The van der Waals surface area contributed by atoms with Crippen molar-refractivity contribution >= 4 is 17.4 Å². The predicted octanol–water partition coefficient (Wildman–Crippen LogP) is 4.17. The van der Waals surface area contributed by atoms with E-state index >= 15 is 0 Å². The highest BCUT2D eigenvalue weighted by atomic mass is 32.2. The van der Waals surface area contributed by atoms with Crippen LogP contribution in [0.2, 0.25) is 0 Å². The van der Waals surface area contributed by atoms with Gasteiger partial charge in [-0.25, -0.2) is 0 Å². The molecule has 1 heterocycles. The van der Waals surface area contributed by atoms with Gasteiger partial charge in [-0.15, -0.1) is 11.8 Å². The lowest BCUT2D eigenvalue weighted by Crippen LogP contribution is -2.13. The Labute approximate surface area is 120 Å². The molecule has 0 spiro atoms. The third kappa shape index (κ3) is 3.90. The molecule has 2 nitrogen and oxygen atoms in total. The average molecular weight is 277 g/mol. The van der Waals surface area contributed by atoms with Crippen LogP contribution in [0.5, 0.6) is 0 Å². The van der Waals surface area contributed by atoms with Crippen molar-refractivity contribution in [2.24, 2.45) is 5.92 Å². The molecule has 1 saturated heterocycles. The lowest BCUT2D eigenvalue weighted by atomic mass is 10.1. The van der Waals surface area contributed by atoms with E-state index in [0.29, 0.717) is 5.92 Å². The van der Waals surface area contributed by atoms with E-state index in [1.807, 2.05) is 0 Å². The Bertz CT molecular complexity index is 380. The molecular weight excluding hydrogens is 254 g/mol. The van der Waals surface area contributed by atoms with Crippen molar-refractivity contribution in [3.8, 4) is 0 Å². The van der Waals surface area contributed by atoms with Crippen molar-refractivity contribution in [2.75, 3.05) is 25.1 Å². The SMILES string of the molecule is c1cc(SC2CCCC2)ccc1NCC1CCOC1. The summed E-state index contributed by atoms with van der Waals surface area (Å²) in [7, 11) is 0. The second kappa shape index (κ2) is 6.67. The summed E-state index contributed by atoms with van der Waals surface area (Å²) in [4.78, 5) is 1.42. The van der Waals surface area contributed by atoms with E-state index in [9.17, 15) is 0 Å². The van der Waals surface area contributed by atoms with Gasteiger partial charge in [0.05, 0.1) is 6.61 Å². The van der Waals surface area contributed by atoms with Gasteiger partial charge in [0.15, 0.2) is 0 Å². The number of thioether (sulfide) groups is 1. The van der Waals surface area contributed by atoms with Crippen LogP contribution in [0.4, 0.5) is 5.69 Å². The van der Waals surface area contributed by atoms with Gasteiger partial charge in [0.1, 0.15) is 0 Å². The molecule has 0 amide bonds. The molecule has 1 unspecified atom stereocenters. The Balaban J connectivity index is 1.47. The fraction of sp³-hybridized carbons (Fsp3) is 0.625. The van der Waals surface area contributed by atoms with Gasteiger partial charge < -0.3 is 10.1 Å². The zero-order valence-corrected chi connectivity index (χ0v) is 12.3. The molecule has 19 heavy (non-hydrogen) atoms. The first-order valence-corrected chi connectivity index (χ1v) is 8.36. The molecule has 1 aliphatic heterocycles. The van der Waals surface area contributed by atoms with E-state index in [1.54, 1.807) is 0 Å². The first-order valence-electron chi connectivity index (χ1n) is 7.48. The minimum absolute atomic E-state index is 0.688. The molecule has 2 fully saturated rings. The molecule has 0 aromatic heterocycles. The molecule has 1 saturated carbocycles. The summed E-state index contributed by atoms with van der Waals surface area (Å²) in [6.07, 6.45) is 6.82. The van der Waals surface area contributed by atoms with E-state index in [-0.39, 0.29) is 0 Å². The molecule has 0 radical (unpaired) electrons. The summed E-state index contributed by atoms with van der Waals surface area (Å²) >= 11 is 2.06. The van der Waals surface area contributed by atoms with Crippen molar-refractivity contribution in [3.05, 3.63) is 24.3 Å². The molecule has 3 heteroatoms. The maximum atomic E-state index is 5.40. The largest absolute Gasteiger partial charge is 0.385 e. The van der Waals surface area contributed by atoms with Crippen LogP contribution >= 0.6 is 11.8 Å². The minimum Gasteiger partial charge on any atom is -0.385 e. The zero-order valence-electron chi connectivity index (χ0n) is 11.4. The lowest BCUT2D eigenvalue weighted by Gasteiger charge is -2.12. The summed E-state index contributed by atoms with van der Waals surface area (Å²) < 4.78 is 5.40. The van der Waals surface area contributed by atoms with E-state index in [1.165, 1.54) is 42.7 Å². The molecule has 1 atom stereocenters. The highest BCUT2D eigenvalue weighted by molar-refractivity contribution is 8.00. The second-order valence-electron chi connectivity index (χ2n) is 5.66. The van der Waals surface area contributed by atoms with Crippen molar-refractivity contribution in [1.82, 2.24) is 0 Å². The fourth-order valence-electron chi connectivity index (χ4n) is 2.86. The smallest absolute Gasteiger partial charge is 0.0511 e. The molecule has 1 N–H and O–H groups in total. The molecule has 2 aliphatic rings. The van der Waals surface area contributed by atoms with Gasteiger partial charge in [0.2, 0.25) is 0 Å². The normalized spacial score (nSPS) is 23.9. The Morgan fingerprint density at radius 3 is 2.58 bits per heavy atom. The van der Waals surface area contributed by atoms with Gasteiger partial charge >= 0.3 is 0 Å². The van der Waals surface area contributed by atoms with Crippen LogP contribution in [-0.2, 0) is 4.74 Å². The summed E-state index contributed by atoms with van der Waals surface area (Å²) in [5, 5.41) is 4.37. The number of anilines is 1. The van der Waals surface area contributed by atoms with Crippen molar-refractivity contribution in [3.63, 3.8) is 0 Å². The summed E-state index contributed by atoms with van der Waals surface area (Å²) in [6, 6.07) is 8.95. The van der Waals surface area contributed by atoms with Crippen LogP contribution in [0.15, 0.2) is 29.2 Å². The summed E-state index contributed by atoms with van der Waals surface area (Å²) in [5.74, 6) is 0.688. The Morgan fingerprint density at radius 2 is 1.89 bits per heavy atom. The molecule has 1 aromatic carbocycles. The number of hydrogen-bond acceptors (Lipinski definition) is 3. The van der Waals surface area contributed by atoms with E-state index < -0.39 is 0 Å². The van der Waals surface area contributed by atoms with Crippen LogP contribution in [0, 0.1) is 5.92 Å². The Morgan fingerprint density at radius 1 is 1.11 bits per heavy atom. The molecular formula is C16H23NOS. The third-order valence-corrected chi connectivity index (χ3v) is 5.43. The van der Waals surface area contributed by atoms with E-state index in [0.717, 1.165) is 25.0 Å². The predicted molar refractivity (Wildman–Crippen MR) is 82.0 cm³/mol. The van der Waals surface area contributed by atoms with E-state index in [4.69, 9.17) is 4.74 Å². The van der Waals surface area contributed by atoms with Crippen molar-refractivity contribution < 1.29 is 4.74 Å². The van der Waals surface area contributed by atoms with Gasteiger partial charge in [-0.05, 0) is 43.5 Å². The zero-order chi connectivity index (χ0) is 12.9. The van der Waals surface area contributed by atoms with Crippen molar-refractivity contribution in [1.29, 1.82) is 0 Å². The van der Waals surface area contributed by atoms with Gasteiger partial charge in [0, 0.05) is 34.9 Å². The van der Waals surface area contributed by atoms with Crippen LogP contribution < -0.4 is 5.32 Å². The number of ether oxygens (including phenoxy) is 1. The molecule has 1 aromatic rings. The number of rotatable bonds is 5. The summed E-state index contributed by atoms with van der Waals surface area (Å²) in [6.45, 7) is 2.89.